The first-order valence-corrected chi connectivity index (χ1v) is 6.66. The highest BCUT2D eigenvalue weighted by molar-refractivity contribution is 5.81. The fourth-order valence-electron chi connectivity index (χ4n) is 2.07. The second kappa shape index (κ2) is 6.85. The van der Waals surface area contributed by atoms with Gasteiger partial charge < -0.3 is 10.1 Å². The first-order valence-electron chi connectivity index (χ1n) is 6.66. The second-order valence-electron chi connectivity index (χ2n) is 4.85. The first-order chi connectivity index (χ1) is 10.5. The molecule has 1 heterocycles. The fraction of sp³-hybridized carbons (Fsp3) is 0.385. The van der Waals surface area contributed by atoms with E-state index < -0.39 is 11.2 Å². The van der Waals surface area contributed by atoms with E-state index in [9.17, 15) is 14.9 Å². The Balaban J connectivity index is 2.02. The predicted molar refractivity (Wildman–Crippen MR) is 79.5 cm³/mol. The molecule has 118 valence electrons. The van der Waals surface area contributed by atoms with Crippen molar-refractivity contribution in [2.75, 3.05) is 7.11 Å². The Morgan fingerprint density at radius 3 is 2.95 bits per heavy atom. The Labute approximate surface area is 126 Å². The van der Waals surface area contributed by atoms with E-state index in [1.54, 1.807) is 6.07 Å². The van der Waals surface area contributed by atoms with Crippen LogP contribution < -0.4 is 20.8 Å². The molecule has 1 fully saturated rings. The van der Waals surface area contributed by atoms with Crippen LogP contribution in [0.2, 0.25) is 0 Å². The highest BCUT2D eigenvalue weighted by atomic mass is 16.6. The van der Waals surface area contributed by atoms with Crippen molar-refractivity contribution in [1.29, 1.82) is 0 Å². The van der Waals surface area contributed by atoms with Crippen molar-refractivity contribution >= 4 is 17.8 Å². The van der Waals surface area contributed by atoms with Gasteiger partial charge in [0, 0.05) is 24.1 Å². The average Bonchev–Trinajstić information content (AvgIpc) is 2.46. The number of carbonyl (C=O) groups is 1. The van der Waals surface area contributed by atoms with E-state index in [1.807, 2.05) is 6.92 Å². The molecule has 0 radical (unpaired) electrons. The molecule has 2 unspecified atom stereocenters. The minimum absolute atomic E-state index is 0.0449. The van der Waals surface area contributed by atoms with Crippen LogP contribution in [0, 0.1) is 10.1 Å². The van der Waals surface area contributed by atoms with Crippen LogP contribution in [-0.2, 0) is 4.79 Å². The van der Waals surface area contributed by atoms with Gasteiger partial charge in [-0.15, -0.1) is 0 Å². The lowest BCUT2D eigenvalue weighted by atomic mass is 10.2. The molecule has 2 rings (SSSR count). The maximum atomic E-state index is 11.4. The Kier molecular flexibility index (Phi) is 4.89. The summed E-state index contributed by atoms with van der Waals surface area (Å²) in [6, 6.07) is 4.55. The van der Waals surface area contributed by atoms with Crippen LogP contribution in [0.3, 0.4) is 0 Å². The van der Waals surface area contributed by atoms with Crippen LogP contribution in [0.1, 0.15) is 18.9 Å². The maximum absolute atomic E-state index is 11.4. The van der Waals surface area contributed by atoms with Crippen molar-refractivity contribution in [3.63, 3.8) is 0 Å². The molecular formula is C13H17N5O4. The van der Waals surface area contributed by atoms with Gasteiger partial charge in [-0.05, 0) is 19.1 Å². The van der Waals surface area contributed by atoms with E-state index in [2.05, 4.69) is 21.2 Å². The van der Waals surface area contributed by atoms with Crippen LogP contribution in [0.25, 0.3) is 0 Å². The van der Waals surface area contributed by atoms with Crippen molar-refractivity contribution in [2.45, 2.75) is 25.7 Å². The van der Waals surface area contributed by atoms with Crippen molar-refractivity contribution < 1.29 is 14.5 Å². The molecule has 1 aliphatic heterocycles. The highest BCUT2D eigenvalue weighted by Crippen LogP contribution is 2.26. The molecule has 1 saturated heterocycles. The third kappa shape index (κ3) is 3.92. The van der Waals surface area contributed by atoms with E-state index in [4.69, 9.17) is 4.74 Å². The van der Waals surface area contributed by atoms with Gasteiger partial charge in [0.25, 0.3) is 0 Å². The lowest BCUT2D eigenvalue weighted by Gasteiger charge is -2.28. The Bertz CT molecular complexity index is 604. The zero-order valence-corrected chi connectivity index (χ0v) is 12.2. The van der Waals surface area contributed by atoms with Gasteiger partial charge in [-0.3, -0.25) is 25.7 Å². The van der Waals surface area contributed by atoms with Gasteiger partial charge >= 0.3 is 5.69 Å². The van der Waals surface area contributed by atoms with Gasteiger partial charge in [0.05, 0.1) is 18.2 Å². The van der Waals surface area contributed by atoms with Gasteiger partial charge in [-0.25, -0.2) is 0 Å². The fourth-order valence-corrected chi connectivity index (χ4v) is 2.07. The van der Waals surface area contributed by atoms with E-state index in [1.165, 1.54) is 25.5 Å². The molecule has 22 heavy (non-hydrogen) atoms. The smallest absolute Gasteiger partial charge is 0.311 e. The SMILES string of the molecule is COc1ccc(/C=N/NC2NC(=O)CC(C)N2)cc1[N+](=O)[O-]. The number of nitro groups is 1. The summed E-state index contributed by atoms with van der Waals surface area (Å²) in [7, 11) is 1.37. The van der Waals surface area contributed by atoms with Crippen molar-refractivity contribution in [2.24, 2.45) is 5.10 Å². The van der Waals surface area contributed by atoms with Crippen LogP contribution in [0.5, 0.6) is 5.75 Å². The number of nitrogens with one attached hydrogen (secondary N) is 3. The largest absolute Gasteiger partial charge is 0.490 e. The minimum Gasteiger partial charge on any atom is -0.490 e. The summed E-state index contributed by atoms with van der Waals surface area (Å²) in [4.78, 5) is 21.8. The molecule has 1 amide bonds. The molecule has 1 aromatic carbocycles. The molecule has 0 bridgehead atoms. The Morgan fingerprint density at radius 1 is 1.55 bits per heavy atom. The number of hydrogen-bond donors (Lipinski definition) is 3. The molecule has 2 atom stereocenters. The number of methoxy groups -OCH3 is 1. The maximum Gasteiger partial charge on any atom is 0.311 e. The summed E-state index contributed by atoms with van der Waals surface area (Å²) in [6.45, 7) is 1.89. The number of carbonyl (C=O) groups excluding carboxylic acids is 1. The zero-order chi connectivity index (χ0) is 16.1. The Hall–Kier alpha value is -2.68. The number of hydrogen-bond acceptors (Lipinski definition) is 7. The van der Waals surface area contributed by atoms with Gasteiger partial charge in [0.1, 0.15) is 0 Å². The Morgan fingerprint density at radius 2 is 2.32 bits per heavy atom. The van der Waals surface area contributed by atoms with Gasteiger partial charge in [0.15, 0.2) is 12.0 Å². The molecule has 1 aliphatic rings. The van der Waals surface area contributed by atoms with Crippen molar-refractivity contribution in [3.05, 3.63) is 33.9 Å². The summed E-state index contributed by atoms with van der Waals surface area (Å²) in [6.07, 6.45) is 1.37. The summed E-state index contributed by atoms with van der Waals surface area (Å²) in [5.41, 5.74) is 3.14. The third-order valence-electron chi connectivity index (χ3n) is 3.06. The molecule has 3 N–H and O–H groups in total. The van der Waals surface area contributed by atoms with E-state index in [-0.39, 0.29) is 23.4 Å². The summed E-state index contributed by atoms with van der Waals surface area (Å²) in [5.74, 6) is 0.115. The highest BCUT2D eigenvalue weighted by Gasteiger charge is 2.21. The van der Waals surface area contributed by atoms with Crippen LogP contribution in [-0.4, -0.2) is 36.5 Å². The van der Waals surface area contributed by atoms with Crippen molar-refractivity contribution in [1.82, 2.24) is 16.1 Å². The third-order valence-corrected chi connectivity index (χ3v) is 3.06. The standard InChI is InChI=1S/C13H17N5O4/c1-8-5-12(19)16-13(15-8)17-14-7-9-3-4-11(22-2)10(6-9)18(20)21/h3-4,6-8,13,15,17H,5H2,1-2H3,(H,16,19)/b14-7+. The number of rotatable bonds is 5. The molecule has 0 spiro atoms. The molecular weight excluding hydrogens is 290 g/mol. The normalized spacial score (nSPS) is 21.5. The summed E-state index contributed by atoms with van der Waals surface area (Å²) < 4.78 is 4.93. The van der Waals surface area contributed by atoms with Crippen molar-refractivity contribution in [3.8, 4) is 5.75 Å². The number of nitro benzene ring substituents is 1. The molecule has 0 aliphatic carbocycles. The number of amides is 1. The summed E-state index contributed by atoms with van der Waals surface area (Å²) >= 11 is 0. The number of nitrogens with zero attached hydrogens (tertiary/aromatic N) is 2. The molecule has 1 aromatic rings. The predicted octanol–water partition coefficient (Wildman–Crippen LogP) is 0.309. The van der Waals surface area contributed by atoms with E-state index in [0.29, 0.717) is 12.0 Å². The monoisotopic (exact) mass is 307 g/mol. The van der Waals surface area contributed by atoms with Crippen LogP contribution in [0.15, 0.2) is 23.3 Å². The lowest BCUT2D eigenvalue weighted by Crippen LogP contribution is -2.60. The summed E-state index contributed by atoms with van der Waals surface area (Å²) in [5, 5.41) is 20.7. The average molecular weight is 307 g/mol. The lowest BCUT2D eigenvalue weighted by molar-refractivity contribution is -0.385. The number of benzene rings is 1. The van der Waals surface area contributed by atoms with Crippen LogP contribution in [0.4, 0.5) is 5.69 Å². The topological polar surface area (TPSA) is 118 Å². The first kappa shape index (κ1) is 15.7. The van der Waals surface area contributed by atoms with Gasteiger partial charge in [-0.2, -0.15) is 5.10 Å². The molecule has 0 saturated carbocycles. The second-order valence-corrected chi connectivity index (χ2v) is 4.85. The minimum atomic E-state index is -0.520. The van der Waals surface area contributed by atoms with Gasteiger partial charge in [0.2, 0.25) is 5.91 Å². The quantitative estimate of drug-likeness (QED) is 0.409. The van der Waals surface area contributed by atoms with Crippen LogP contribution >= 0.6 is 0 Å². The molecule has 9 nitrogen and oxygen atoms in total. The molecule has 9 heteroatoms. The number of hydrazone groups is 1. The van der Waals surface area contributed by atoms with E-state index >= 15 is 0 Å². The van der Waals surface area contributed by atoms with Gasteiger partial charge in [-0.1, -0.05) is 0 Å². The zero-order valence-electron chi connectivity index (χ0n) is 12.2. The van der Waals surface area contributed by atoms with E-state index in [0.717, 1.165) is 0 Å². The molecule has 0 aromatic heterocycles. The number of ether oxygens (including phenoxy) is 1.